The van der Waals surface area contributed by atoms with Gasteiger partial charge in [-0.05, 0) is 44.4 Å². The van der Waals surface area contributed by atoms with E-state index in [4.69, 9.17) is 0 Å². The van der Waals surface area contributed by atoms with Crippen LogP contribution >= 0.6 is 0 Å². The number of halogens is 1. The number of sulfonamides is 1. The molecular formula is C22H27FN6O3S. The van der Waals surface area contributed by atoms with Crippen molar-refractivity contribution >= 4 is 15.9 Å². The number of piperidine rings is 1. The first-order valence-electron chi connectivity index (χ1n) is 10.7. The molecule has 4 rings (SSSR count). The molecule has 1 aromatic carbocycles. The fourth-order valence-electron chi connectivity index (χ4n) is 3.96. The molecule has 3 aromatic rings. The zero-order chi connectivity index (χ0) is 23.8. The topological polar surface area (TPSA) is 102 Å². The predicted molar refractivity (Wildman–Crippen MR) is 120 cm³/mol. The molecule has 0 atom stereocenters. The van der Waals surface area contributed by atoms with Gasteiger partial charge < -0.3 is 14.5 Å². The van der Waals surface area contributed by atoms with Crippen molar-refractivity contribution in [3.63, 3.8) is 0 Å². The molecule has 0 bridgehead atoms. The zero-order valence-electron chi connectivity index (χ0n) is 18.8. The van der Waals surface area contributed by atoms with Crippen LogP contribution in [-0.2, 0) is 28.4 Å². The second kappa shape index (κ2) is 9.06. The Kier molecular flexibility index (Phi) is 6.35. The van der Waals surface area contributed by atoms with Gasteiger partial charge in [0.15, 0.2) is 5.03 Å². The summed E-state index contributed by atoms with van der Waals surface area (Å²) < 4.78 is 44.9. The summed E-state index contributed by atoms with van der Waals surface area (Å²) in [5.74, 6) is 0.454. The van der Waals surface area contributed by atoms with Gasteiger partial charge >= 0.3 is 0 Å². The summed E-state index contributed by atoms with van der Waals surface area (Å²) in [6.07, 6.45) is 5.64. The summed E-state index contributed by atoms with van der Waals surface area (Å²) in [6.45, 7) is 4.24. The van der Waals surface area contributed by atoms with Crippen molar-refractivity contribution in [2.75, 3.05) is 13.1 Å². The quantitative estimate of drug-likeness (QED) is 0.589. The van der Waals surface area contributed by atoms with Crippen LogP contribution in [0, 0.1) is 25.6 Å². The molecule has 0 unspecified atom stereocenters. The number of nitrogens with one attached hydrogen (secondary N) is 1. The van der Waals surface area contributed by atoms with E-state index >= 15 is 0 Å². The summed E-state index contributed by atoms with van der Waals surface area (Å²) in [6, 6.07) is 4.83. The SMILES string of the molecule is Cc1nc(S(=O)(=O)N2CCC(C(=O)NCc3ccc(-n4ccnc4C)c(F)c3)CC2)cn1C. The molecule has 176 valence electrons. The minimum Gasteiger partial charge on any atom is -0.352 e. The minimum atomic E-state index is -3.68. The third-order valence-corrected chi connectivity index (χ3v) is 7.85. The summed E-state index contributed by atoms with van der Waals surface area (Å²) in [7, 11) is -1.93. The van der Waals surface area contributed by atoms with Gasteiger partial charge in [0, 0.05) is 51.2 Å². The van der Waals surface area contributed by atoms with E-state index in [0.717, 1.165) is 0 Å². The largest absolute Gasteiger partial charge is 0.352 e. The Hall–Kier alpha value is -3.05. The van der Waals surface area contributed by atoms with E-state index < -0.39 is 15.8 Å². The number of carbonyl (C=O) groups excluding carboxylic acids is 1. The molecule has 2 aromatic heterocycles. The molecule has 0 spiro atoms. The van der Waals surface area contributed by atoms with E-state index in [9.17, 15) is 17.6 Å². The summed E-state index contributed by atoms with van der Waals surface area (Å²) >= 11 is 0. The molecule has 9 nitrogen and oxygen atoms in total. The fraction of sp³-hybridized carbons (Fsp3) is 0.409. The van der Waals surface area contributed by atoms with E-state index in [1.165, 1.54) is 16.6 Å². The standard InChI is InChI=1S/C22H27FN6O3S/c1-15-24-8-11-29(15)20-5-4-17(12-19(20)23)13-25-22(30)18-6-9-28(10-7-18)33(31,32)21-14-27(3)16(2)26-21/h4-5,8,11-12,14,18H,6-7,9-10,13H2,1-3H3,(H,25,30). The molecule has 33 heavy (non-hydrogen) atoms. The number of aryl methyl sites for hydroxylation is 3. The number of nitrogens with zero attached hydrogens (tertiary/aromatic N) is 5. The Morgan fingerprint density at radius 2 is 1.94 bits per heavy atom. The normalized spacial score (nSPS) is 15.6. The zero-order valence-corrected chi connectivity index (χ0v) is 19.6. The smallest absolute Gasteiger partial charge is 0.262 e. The number of carbonyl (C=O) groups is 1. The molecule has 1 fully saturated rings. The molecule has 1 amide bonds. The molecule has 0 radical (unpaired) electrons. The first-order chi connectivity index (χ1) is 15.7. The highest BCUT2D eigenvalue weighted by Gasteiger charge is 2.33. The first-order valence-corrected chi connectivity index (χ1v) is 12.2. The van der Waals surface area contributed by atoms with Crippen molar-refractivity contribution in [2.24, 2.45) is 13.0 Å². The van der Waals surface area contributed by atoms with Crippen molar-refractivity contribution < 1.29 is 17.6 Å². The van der Waals surface area contributed by atoms with Gasteiger partial charge in [0.2, 0.25) is 5.91 Å². The second-order valence-corrected chi connectivity index (χ2v) is 10.1. The molecule has 11 heteroatoms. The van der Waals surface area contributed by atoms with Crippen LogP contribution in [0.5, 0.6) is 0 Å². The second-order valence-electron chi connectivity index (χ2n) is 8.26. The van der Waals surface area contributed by atoms with E-state index in [2.05, 4.69) is 15.3 Å². The number of hydrogen-bond donors (Lipinski definition) is 1. The van der Waals surface area contributed by atoms with Gasteiger partial charge in [-0.25, -0.2) is 22.8 Å². The summed E-state index contributed by atoms with van der Waals surface area (Å²) in [5.41, 5.74) is 1.05. The monoisotopic (exact) mass is 474 g/mol. The van der Waals surface area contributed by atoms with Crippen molar-refractivity contribution in [3.05, 3.63) is 59.8 Å². The van der Waals surface area contributed by atoms with Crippen molar-refractivity contribution in [3.8, 4) is 5.69 Å². The van der Waals surface area contributed by atoms with Gasteiger partial charge in [0.25, 0.3) is 10.0 Å². The molecule has 1 saturated heterocycles. The highest BCUT2D eigenvalue weighted by Crippen LogP contribution is 2.24. The number of imidazole rings is 2. The predicted octanol–water partition coefficient (Wildman–Crippen LogP) is 2.08. The molecule has 1 aliphatic heterocycles. The molecule has 0 saturated carbocycles. The van der Waals surface area contributed by atoms with Gasteiger partial charge in [-0.2, -0.15) is 4.31 Å². The van der Waals surface area contributed by atoms with Crippen LogP contribution in [0.25, 0.3) is 5.69 Å². The first kappa shape index (κ1) is 23.1. The third-order valence-electron chi connectivity index (χ3n) is 6.08. The average molecular weight is 475 g/mol. The highest BCUT2D eigenvalue weighted by atomic mass is 32.2. The number of aromatic nitrogens is 4. The average Bonchev–Trinajstić information content (AvgIpc) is 3.37. The lowest BCUT2D eigenvalue weighted by atomic mass is 9.97. The molecular weight excluding hydrogens is 447 g/mol. The van der Waals surface area contributed by atoms with Crippen LogP contribution in [0.3, 0.4) is 0 Å². The Morgan fingerprint density at radius 3 is 2.52 bits per heavy atom. The van der Waals surface area contributed by atoms with E-state index in [1.54, 1.807) is 54.6 Å². The van der Waals surface area contributed by atoms with Crippen molar-refractivity contribution in [1.29, 1.82) is 0 Å². The van der Waals surface area contributed by atoms with Gasteiger partial charge in [-0.3, -0.25) is 4.79 Å². The van der Waals surface area contributed by atoms with Crippen LogP contribution in [0.2, 0.25) is 0 Å². The maximum Gasteiger partial charge on any atom is 0.262 e. The summed E-state index contributed by atoms with van der Waals surface area (Å²) in [5, 5.41) is 2.88. The maximum atomic E-state index is 14.6. The Balaban J connectivity index is 1.32. The van der Waals surface area contributed by atoms with E-state index in [-0.39, 0.29) is 36.5 Å². The number of amides is 1. The van der Waals surface area contributed by atoms with E-state index in [1.807, 2.05) is 0 Å². The molecule has 1 N–H and O–H groups in total. The lowest BCUT2D eigenvalue weighted by molar-refractivity contribution is -0.126. The van der Waals surface area contributed by atoms with Crippen LogP contribution in [0.1, 0.15) is 30.1 Å². The van der Waals surface area contributed by atoms with Gasteiger partial charge in [0.05, 0.1) is 5.69 Å². The molecule has 0 aliphatic carbocycles. The number of benzene rings is 1. The Labute approximate surface area is 192 Å². The number of rotatable bonds is 6. The third kappa shape index (κ3) is 4.69. The van der Waals surface area contributed by atoms with Gasteiger partial charge in [-0.1, -0.05) is 6.07 Å². The lowest BCUT2D eigenvalue weighted by Gasteiger charge is -2.30. The Morgan fingerprint density at radius 1 is 1.21 bits per heavy atom. The van der Waals surface area contributed by atoms with E-state index in [0.29, 0.717) is 35.7 Å². The van der Waals surface area contributed by atoms with Gasteiger partial charge in [-0.15, -0.1) is 0 Å². The lowest BCUT2D eigenvalue weighted by Crippen LogP contribution is -2.43. The molecule has 3 heterocycles. The van der Waals surface area contributed by atoms with Gasteiger partial charge in [0.1, 0.15) is 17.5 Å². The van der Waals surface area contributed by atoms with Crippen molar-refractivity contribution in [2.45, 2.75) is 38.3 Å². The van der Waals surface area contributed by atoms with Crippen LogP contribution in [-0.4, -0.2) is 50.8 Å². The minimum absolute atomic E-state index is 0.0294. The number of hydrogen-bond acceptors (Lipinski definition) is 5. The highest BCUT2D eigenvalue weighted by molar-refractivity contribution is 7.89. The van der Waals surface area contributed by atoms with Crippen LogP contribution in [0.4, 0.5) is 4.39 Å². The van der Waals surface area contributed by atoms with Crippen LogP contribution in [0.15, 0.2) is 41.8 Å². The molecule has 1 aliphatic rings. The van der Waals surface area contributed by atoms with Crippen molar-refractivity contribution in [1.82, 2.24) is 28.7 Å². The fourth-order valence-corrected chi connectivity index (χ4v) is 5.46. The summed E-state index contributed by atoms with van der Waals surface area (Å²) in [4.78, 5) is 20.9. The van der Waals surface area contributed by atoms with Crippen LogP contribution < -0.4 is 5.32 Å². The Bertz CT molecular complexity index is 1260. The maximum absolute atomic E-state index is 14.6.